The Balaban J connectivity index is 0.00000261. The molecule has 1 aliphatic heterocycles. The van der Waals surface area contributed by atoms with E-state index in [1.54, 1.807) is 18.4 Å². The molecule has 1 aromatic rings. The van der Waals surface area contributed by atoms with Crippen LogP contribution in [0.5, 0.6) is 0 Å². The van der Waals surface area contributed by atoms with E-state index >= 15 is 0 Å². The Morgan fingerprint density at radius 3 is 2.67 bits per heavy atom. The summed E-state index contributed by atoms with van der Waals surface area (Å²) in [7, 11) is 3.63. The van der Waals surface area contributed by atoms with Gasteiger partial charge in [0.2, 0.25) is 0 Å². The average Bonchev–Trinajstić information content (AvgIpc) is 3.31. The molecule has 1 saturated heterocycles. The van der Waals surface area contributed by atoms with E-state index in [9.17, 15) is 0 Å². The number of nitrogens with zero attached hydrogens (tertiary/aromatic N) is 3. The molecule has 6 nitrogen and oxygen atoms in total. The minimum Gasteiger partial charge on any atom is -0.378 e. The molecule has 2 atom stereocenters. The van der Waals surface area contributed by atoms with Crippen molar-refractivity contribution in [1.82, 2.24) is 15.6 Å². The molecule has 27 heavy (non-hydrogen) atoms. The zero-order valence-electron chi connectivity index (χ0n) is 17.2. The quantitative estimate of drug-likeness (QED) is 0.352. The van der Waals surface area contributed by atoms with Crippen molar-refractivity contribution in [3.05, 3.63) is 11.1 Å². The van der Waals surface area contributed by atoms with Crippen LogP contribution in [0.2, 0.25) is 0 Å². The average molecular weight is 507 g/mol. The first-order valence-corrected chi connectivity index (χ1v) is 10.5. The lowest BCUT2D eigenvalue weighted by atomic mass is 9.56. The minimum atomic E-state index is -0.0733. The Labute approximate surface area is 184 Å². The van der Waals surface area contributed by atoms with Crippen LogP contribution >= 0.6 is 35.3 Å². The normalized spacial score (nSPS) is 27.1. The summed E-state index contributed by atoms with van der Waals surface area (Å²) < 4.78 is 5.71. The van der Waals surface area contributed by atoms with Crippen LogP contribution in [0.1, 0.15) is 45.7 Å². The molecule has 2 unspecified atom stereocenters. The van der Waals surface area contributed by atoms with Gasteiger partial charge < -0.3 is 20.3 Å². The largest absolute Gasteiger partial charge is 0.378 e. The molecule has 0 radical (unpaired) electrons. The van der Waals surface area contributed by atoms with Gasteiger partial charge in [0.15, 0.2) is 11.1 Å². The second-order valence-corrected chi connectivity index (χ2v) is 8.96. The van der Waals surface area contributed by atoms with Crippen LogP contribution in [0.4, 0.5) is 5.13 Å². The number of hydrogen-bond donors (Lipinski definition) is 2. The molecular formula is C19H34IN5OS. The van der Waals surface area contributed by atoms with E-state index < -0.39 is 0 Å². The van der Waals surface area contributed by atoms with Crippen molar-refractivity contribution in [1.29, 1.82) is 0 Å². The van der Waals surface area contributed by atoms with E-state index in [1.807, 2.05) is 7.05 Å². The van der Waals surface area contributed by atoms with E-state index in [0.717, 1.165) is 44.1 Å². The van der Waals surface area contributed by atoms with Crippen LogP contribution < -0.4 is 15.5 Å². The van der Waals surface area contributed by atoms with Crippen LogP contribution in [-0.2, 0) is 11.2 Å². The van der Waals surface area contributed by atoms with Crippen LogP contribution in [0.3, 0.4) is 0 Å². The number of aliphatic imine (C=N–C) groups is 1. The molecule has 1 aromatic heterocycles. The maximum Gasteiger partial charge on any atom is 0.191 e. The van der Waals surface area contributed by atoms with Gasteiger partial charge in [0.25, 0.3) is 0 Å². The third-order valence-electron chi connectivity index (χ3n) is 6.40. The second kappa shape index (κ2) is 9.26. The van der Waals surface area contributed by atoms with Gasteiger partial charge in [-0.3, -0.25) is 4.99 Å². The van der Waals surface area contributed by atoms with Crippen molar-refractivity contribution in [3.8, 4) is 0 Å². The summed E-state index contributed by atoms with van der Waals surface area (Å²) in [6, 6.07) is 0.361. The van der Waals surface area contributed by atoms with Crippen molar-refractivity contribution in [3.63, 3.8) is 0 Å². The molecule has 154 valence electrons. The molecule has 2 fully saturated rings. The number of thiazole rings is 1. The lowest BCUT2D eigenvalue weighted by Gasteiger charge is -2.59. The first kappa shape index (κ1) is 22.7. The highest BCUT2D eigenvalue weighted by molar-refractivity contribution is 14.0. The summed E-state index contributed by atoms with van der Waals surface area (Å²) in [4.78, 5) is 11.6. The molecule has 1 aliphatic carbocycles. The number of nitrogens with one attached hydrogen (secondary N) is 2. The highest BCUT2D eigenvalue weighted by atomic mass is 127. The zero-order chi connectivity index (χ0) is 18.8. The third-order valence-corrected chi connectivity index (χ3v) is 7.35. The number of hydrogen-bond acceptors (Lipinski definition) is 5. The Morgan fingerprint density at radius 2 is 2.07 bits per heavy atom. The third kappa shape index (κ3) is 4.70. The molecule has 0 spiro atoms. The summed E-state index contributed by atoms with van der Waals surface area (Å²) in [5.74, 6) is 0.858. The number of ether oxygens (including phenoxy) is 1. The maximum absolute atomic E-state index is 5.71. The fourth-order valence-electron chi connectivity index (χ4n) is 3.86. The van der Waals surface area contributed by atoms with Gasteiger partial charge >= 0.3 is 0 Å². The Hall–Kier alpha value is -0.610. The van der Waals surface area contributed by atoms with Crippen molar-refractivity contribution in [2.75, 3.05) is 38.7 Å². The molecular weight excluding hydrogens is 473 g/mol. The number of rotatable bonds is 6. The van der Waals surface area contributed by atoms with E-state index in [0.29, 0.717) is 6.04 Å². The molecule has 2 heterocycles. The number of aromatic nitrogens is 1. The van der Waals surface area contributed by atoms with E-state index in [-0.39, 0.29) is 35.0 Å². The van der Waals surface area contributed by atoms with Gasteiger partial charge in [0, 0.05) is 57.0 Å². The Kier molecular flexibility index (Phi) is 7.78. The molecule has 0 aromatic carbocycles. The van der Waals surface area contributed by atoms with Crippen LogP contribution in [0.15, 0.2) is 10.4 Å². The number of anilines is 1. The summed E-state index contributed by atoms with van der Waals surface area (Å²) in [5, 5.41) is 10.3. The number of guanidine groups is 1. The van der Waals surface area contributed by atoms with Crippen molar-refractivity contribution >= 4 is 46.4 Å². The van der Waals surface area contributed by atoms with Crippen molar-refractivity contribution < 1.29 is 4.74 Å². The molecule has 2 N–H and O–H groups in total. The summed E-state index contributed by atoms with van der Waals surface area (Å²) >= 11 is 1.76. The fraction of sp³-hybridized carbons (Fsp3) is 0.789. The predicted octanol–water partition coefficient (Wildman–Crippen LogP) is 3.27. The molecule has 8 heteroatoms. The SMILES string of the molecule is CN=C(NCCc1csc(N2CCCC2)n1)NC1CC(C)(OC)C1(C)C.I. The lowest BCUT2D eigenvalue weighted by Crippen LogP contribution is -2.69. The smallest absolute Gasteiger partial charge is 0.191 e. The van der Waals surface area contributed by atoms with Gasteiger partial charge in [-0.1, -0.05) is 13.8 Å². The van der Waals surface area contributed by atoms with Crippen molar-refractivity contribution in [2.24, 2.45) is 10.4 Å². The topological polar surface area (TPSA) is 61.8 Å². The zero-order valence-corrected chi connectivity index (χ0v) is 20.3. The van der Waals surface area contributed by atoms with Gasteiger partial charge in [-0.2, -0.15) is 0 Å². The van der Waals surface area contributed by atoms with Crippen LogP contribution in [0.25, 0.3) is 0 Å². The Bertz CT molecular complexity index is 644. The molecule has 1 saturated carbocycles. The first-order chi connectivity index (χ1) is 12.4. The van der Waals surface area contributed by atoms with Gasteiger partial charge in [-0.05, 0) is 26.2 Å². The summed E-state index contributed by atoms with van der Waals surface area (Å²) in [6.07, 6.45) is 4.48. The summed E-state index contributed by atoms with van der Waals surface area (Å²) in [6.45, 7) is 9.82. The Morgan fingerprint density at radius 1 is 1.37 bits per heavy atom. The minimum absolute atomic E-state index is 0. The van der Waals surface area contributed by atoms with E-state index in [1.165, 1.54) is 18.0 Å². The van der Waals surface area contributed by atoms with Crippen molar-refractivity contribution in [2.45, 2.75) is 58.1 Å². The molecule has 2 aliphatic rings. The lowest BCUT2D eigenvalue weighted by molar-refractivity contribution is -0.176. The standard InChI is InChI=1S/C19H33N5OS.HI/c1-18(2)15(12-19(18,3)25-5)23-16(20-4)21-9-8-14-13-26-17(22-14)24-10-6-7-11-24;/h13,15H,6-12H2,1-5H3,(H2,20,21,23);1H. The van der Waals surface area contributed by atoms with Gasteiger partial charge in [-0.25, -0.2) is 4.98 Å². The van der Waals surface area contributed by atoms with E-state index in [4.69, 9.17) is 9.72 Å². The number of methoxy groups -OCH3 is 1. The van der Waals surface area contributed by atoms with Crippen LogP contribution in [0, 0.1) is 5.41 Å². The second-order valence-electron chi connectivity index (χ2n) is 8.12. The van der Waals surface area contributed by atoms with Crippen LogP contribution in [-0.4, -0.2) is 56.4 Å². The van der Waals surface area contributed by atoms with Gasteiger partial charge in [0.1, 0.15) is 0 Å². The molecule has 0 amide bonds. The van der Waals surface area contributed by atoms with Gasteiger partial charge in [0.05, 0.1) is 11.3 Å². The fourth-order valence-corrected chi connectivity index (χ4v) is 4.77. The molecule has 0 bridgehead atoms. The maximum atomic E-state index is 5.71. The first-order valence-electron chi connectivity index (χ1n) is 9.61. The molecule has 3 rings (SSSR count). The monoisotopic (exact) mass is 507 g/mol. The number of halogens is 1. The van der Waals surface area contributed by atoms with E-state index in [2.05, 4.69) is 46.7 Å². The predicted molar refractivity (Wildman–Crippen MR) is 125 cm³/mol. The van der Waals surface area contributed by atoms with Gasteiger partial charge in [-0.15, -0.1) is 35.3 Å². The summed E-state index contributed by atoms with van der Waals surface area (Å²) in [5.41, 5.74) is 1.16. The highest BCUT2D eigenvalue weighted by Crippen LogP contribution is 2.51. The highest BCUT2D eigenvalue weighted by Gasteiger charge is 2.58.